The Morgan fingerprint density at radius 3 is 2.90 bits per heavy atom. The molecule has 1 aliphatic rings. The van der Waals surface area contributed by atoms with E-state index >= 15 is 0 Å². The van der Waals surface area contributed by atoms with E-state index in [1.54, 1.807) is 0 Å². The summed E-state index contributed by atoms with van der Waals surface area (Å²) in [5.74, 6) is 0. The van der Waals surface area contributed by atoms with Gasteiger partial charge in [-0.05, 0) is 17.5 Å². The third-order valence-corrected chi connectivity index (χ3v) is 3.85. The van der Waals surface area contributed by atoms with Crippen molar-refractivity contribution >= 4 is 17.4 Å². The van der Waals surface area contributed by atoms with Gasteiger partial charge in [-0.1, -0.05) is 18.2 Å². The summed E-state index contributed by atoms with van der Waals surface area (Å²) in [6, 6.07) is 10.3. The highest BCUT2D eigenvalue weighted by molar-refractivity contribution is 5.80. The molecule has 1 aromatic heterocycles. The fraction of sp³-hybridized carbons (Fsp3) is 0.438. The van der Waals surface area contributed by atoms with Crippen LogP contribution in [0.1, 0.15) is 5.69 Å². The third kappa shape index (κ3) is 3.62. The van der Waals surface area contributed by atoms with Crippen LogP contribution in [-0.4, -0.2) is 55.3 Å². The third-order valence-electron chi connectivity index (χ3n) is 3.85. The van der Waals surface area contributed by atoms with E-state index in [1.165, 1.54) is 5.39 Å². The van der Waals surface area contributed by atoms with Gasteiger partial charge in [0, 0.05) is 37.3 Å². The van der Waals surface area contributed by atoms with Crippen LogP contribution in [0.2, 0.25) is 0 Å². The molecule has 2 aromatic rings. The molecular weight excluding hydrogens is 268 g/mol. The Kier molecular flexibility index (Phi) is 4.52. The number of nitrogens with one attached hydrogen (secondary N) is 1. The molecule has 1 N–H and O–H groups in total. The van der Waals surface area contributed by atoms with Crippen molar-refractivity contribution in [1.82, 2.24) is 9.88 Å². The van der Waals surface area contributed by atoms with Gasteiger partial charge in [0.25, 0.3) is 6.47 Å². The largest absolute Gasteiger partial charge is 0.463 e. The summed E-state index contributed by atoms with van der Waals surface area (Å²) < 4.78 is 10.6. The summed E-state index contributed by atoms with van der Waals surface area (Å²) in [6.45, 7) is 4.59. The number of fused-ring (bicyclic) bond motifs is 1. The van der Waals surface area contributed by atoms with Gasteiger partial charge < -0.3 is 14.5 Å². The lowest BCUT2D eigenvalue weighted by Crippen LogP contribution is -2.42. The number of morpholine rings is 1. The molecule has 0 saturated carbocycles. The number of carbonyl (C=O) groups is 1. The van der Waals surface area contributed by atoms with Crippen LogP contribution in [0, 0.1) is 0 Å². The van der Waals surface area contributed by atoms with Crippen LogP contribution >= 0.6 is 0 Å². The summed E-state index contributed by atoms with van der Waals surface area (Å²) in [4.78, 5) is 16.4. The Bertz CT molecular complexity index is 557. The molecule has 0 bridgehead atoms. The molecule has 21 heavy (non-hydrogen) atoms. The van der Waals surface area contributed by atoms with Gasteiger partial charge >= 0.3 is 0 Å². The SMILES string of the molecule is O=COC(Cc1cc2ccccc2[nH]1)CN1CCOCC1. The van der Waals surface area contributed by atoms with E-state index in [2.05, 4.69) is 28.1 Å². The molecule has 3 rings (SSSR count). The van der Waals surface area contributed by atoms with Crippen LogP contribution in [0.4, 0.5) is 0 Å². The minimum atomic E-state index is -0.131. The smallest absolute Gasteiger partial charge is 0.293 e. The molecular formula is C16H20N2O3. The summed E-state index contributed by atoms with van der Waals surface area (Å²) in [6.07, 6.45) is 0.568. The summed E-state index contributed by atoms with van der Waals surface area (Å²) in [5, 5.41) is 1.18. The van der Waals surface area contributed by atoms with Crippen LogP contribution in [0.5, 0.6) is 0 Å². The molecule has 5 heteroatoms. The average Bonchev–Trinajstić information content (AvgIpc) is 2.90. The normalized spacial score (nSPS) is 17.7. The minimum absolute atomic E-state index is 0.131. The molecule has 1 saturated heterocycles. The lowest BCUT2D eigenvalue weighted by Gasteiger charge is -2.29. The lowest BCUT2D eigenvalue weighted by molar-refractivity contribution is -0.134. The van der Waals surface area contributed by atoms with Gasteiger partial charge in [0.2, 0.25) is 0 Å². The molecule has 0 radical (unpaired) electrons. The Labute approximate surface area is 123 Å². The fourth-order valence-corrected chi connectivity index (χ4v) is 2.79. The number of benzene rings is 1. The Hall–Kier alpha value is -1.85. The second kappa shape index (κ2) is 6.74. The van der Waals surface area contributed by atoms with Gasteiger partial charge in [0.05, 0.1) is 13.2 Å². The second-order valence-corrected chi connectivity index (χ2v) is 5.35. The predicted octanol–water partition coefficient (Wildman–Crippen LogP) is 1.58. The number of nitrogens with zero attached hydrogens (tertiary/aromatic N) is 1. The van der Waals surface area contributed by atoms with E-state index in [0.29, 0.717) is 12.9 Å². The van der Waals surface area contributed by atoms with E-state index in [4.69, 9.17) is 9.47 Å². The van der Waals surface area contributed by atoms with Crippen molar-refractivity contribution in [2.24, 2.45) is 0 Å². The second-order valence-electron chi connectivity index (χ2n) is 5.35. The molecule has 1 unspecified atom stereocenters. The number of hydrogen-bond donors (Lipinski definition) is 1. The maximum Gasteiger partial charge on any atom is 0.293 e. The zero-order valence-corrected chi connectivity index (χ0v) is 12.0. The van der Waals surface area contributed by atoms with Gasteiger partial charge in [0.1, 0.15) is 6.10 Å². The first kappa shape index (κ1) is 14.1. The number of hydrogen-bond acceptors (Lipinski definition) is 4. The lowest BCUT2D eigenvalue weighted by atomic mass is 10.1. The van der Waals surface area contributed by atoms with Crippen molar-refractivity contribution in [1.29, 1.82) is 0 Å². The number of rotatable bonds is 6. The van der Waals surface area contributed by atoms with Crippen molar-refractivity contribution in [2.45, 2.75) is 12.5 Å². The van der Waals surface area contributed by atoms with Crippen LogP contribution in [-0.2, 0) is 20.7 Å². The molecule has 0 spiro atoms. The Balaban J connectivity index is 1.67. The van der Waals surface area contributed by atoms with Gasteiger partial charge in [-0.15, -0.1) is 0 Å². The van der Waals surface area contributed by atoms with Crippen molar-refractivity contribution in [3.05, 3.63) is 36.0 Å². The Morgan fingerprint density at radius 1 is 1.33 bits per heavy atom. The Morgan fingerprint density at radius 2 is 2.14 bits per heavy atom. The molecule has 1 aromatic carbocycles. The predicted molar refractivity (Wildman–Crippen MR) is 80.2 cm³/mol. The first-order valence-corrected chi connectivity index (χ1v) is 7.31. The summed E-state index contributed by atoms with van der Waals surface area (Å²) in [7, 11) is 0. The van der Waals surface area contributed by atoms with E-state index in [-0.39, 0.29) is 6.10 Å². The summed E-state index contributed by atoms with van der Waals surface area (Å²) in [5.41, 5.74) is 2.21. The first-order valence-electron chi connectivity index (χ1n) is 7.31. The number of aromatic nitrogens is 1. The van der Waals surface area contributed by atoms with Crippen molar-refractivity contribution in [3.63, 3.8) is 0 Å². The topological polar surface area (TPSA) is 54.6 Å². The monoisotopic (exact) mass is 288 g/mol. The quantitative estimate of drug-likeness (QED) is 0.820. The fourth-order valence-electron chi connectivity index (χ4n) is 2.79. The van der Waals surface area contributed by atoms with E-state index < -0.39 is 0 Å². The molecule has 1 atom stereocenters. The zero-order chi connectivity index (χ0) is 14.5. The highest BCUT2D eigenvalue weighted by Gasteiger charge is 2.18. The maximum atomic E-state index is 10.7. The molecule has 1 fully saturated rings. The average molecular weight is 288 g/mol. The van der Waals surface area contributed by atoms with Crippen LogP contribution in [0.15, 0.2) is 30.3 Å². The van der Waals surface area contributed by atoms with Crippen LogP contribution < -0.4 is 0 Å². The number of aromatic amines is 1. The number of ether oxygens (including phenoxy) is 2. The summed E-state index contributed by atoms with van der Waals surface area (Å²) >= 11 is 0. The minimum Gasteiger partial charge on any atom is -0.463 e. The van der Waals surface area contributed by atoms with Crippen LogP contribution in [0.25, 0.3) is 10.9 Å². The van der Waals surface area contributed by atoms with Crippen LogP contribution in [0.3, 0.4) is 0 Å². The number of para-hydroxylation sites is 1. The standard InChI is InChI=1S/C16H20N2O3/c19-12-21-15(11-18-5-7-20-8-6-18)10-14-9-13-3-1-2-4-16(13)17-14/h1-4,9,12,15,17H,5-8,10-11H2. The molecule has 0 amide bonds. The van der Waals surface area contributed by atoms with E-state index in [9.17, 15) is 4.79 Å². The highest BCUT2D eigenvalue weighted by atomic mass is 16.5. The molecule has 1 aliphatic heterocycles. The first-order chi connectivity index (χ1) is 10.3. The van der Waals surface area contributed by atoms with Crippen molar-refractivity contribution < 1.29 is 14.3 Å². The highest BCUT2D eigenvalue weighted by Crippen LogP contribution is 2.17. The van der Waals surface area contributed by atoms with E-state index in [1.807, 2.05) is 12.1 Å². The van der Waals surface area contributed by atoms with Gasteiger partial charge in [-0.3, -0.25) is 9.69 Å². The maximum absolute atomic E-state index is 10.7. The zero-order valence-electron chi connectivity index (χ0n) is 12.0. The van der Waals surface area contributed by atoms with Gasteiger partial charge in [-0.2, -0.15) is 0 Å². The molecule has 112 valence electrons. The van der Waals surface area contributed by atoms with Crippen molar-refractivity contribution in [2.75, 3.05) is 32.8 Å². The molecule has 0 aliphatic carbocycles. The molecule has 5 nitrogen and oxygen atoms in total. The van der Waals surface area contributed by atoms with Gasteiger partial charge in [0.15, 0.2) is 0 Å². The van der Waals surface area contributed by atoms with Crippen molar-refractivity contribution in [3.8, 4) is 0 Å². The van der Waals surface area contributed by atoms with Gasteiger partial charge in [-0.25, -0.2) is 0 Å². The molecule has 2 heterocycles. The number of carbonyl (C=O) groups excluding carboxylic acids is 1. The van der Waals surface area contributed by atoms with E-state index in [0.717, 1.165) is 44.1 Å². The number of H-pyrrole nitrogens is 1.